The molecular formula is C19H16N6O4S. The number of carbonyl (C=O) groups excluding carboxylic acids is 1. The SMILES string of the molecule is Cc1cccc(C(=O)OCc2ccccn2)c1NS(=O)(=O)c1nc2ncccn2n1. The van der Waals surface area contributed by atoms with Gasteiger partial charge < -0.3 is 4.74 Å². The van der Waals surface area contributed by atoms with E-state index in [1.165, 1.54) is 23.0 Å². The standard InChI is InChI=1S/C19H16N6O4S/c1-13-6-4-8-15(17(26)29-12-14-7-2-3-9-20-14)16(13)24-30(27,28)19-22-18-21-10-5-11-25(18)23-19/h2-11,24H,12H2,1H3. The van der Waals surface area contributed by atoms with Crippen LogP contribution in [0.3, 0.4) is 0 Å². The van der Waals surface area contributed by atoms with Crippen molar-refractivity contribution in [3.63, 3.8) is 0 Å². The van der Waals surface area contributed by atoms with Crippen molar-refractivity contribution < 1.29 is 17.9 Å². The molecule has 0 bridgehead atoms. The lowest BCUT2D eigenvalue weighted by molar-refractivity contribution is 0.0469. The Hall–Kier alpha value is -3.86. The third-order valence-corrected chi connectivity index (χ3v) is 5.27. The minimum atomic E-state index is -4.17. The van der Waals surface area contributed by atoms with Crippen LogP contribution in [0.1, 0.15) is 21.6 Å². The number of benzene rings is 1. The largest absolute Gasteiger partial charge is 0.456 e. The highest BCUT2D eigenvalue weighted by molar-refractivity contribution is 7.92. The Kier molecular flexibility index (Phi) is 5.11. The van der Waals surface area contributed by atoms with Gasteiger partial charge in [-0.3, -0.25) is 9.71 Å². The summed E-state index contributed by atoms with van der Waals surface area (Å²) >= 11 is 0. The molecule has 4 aromatic rings. The van der Waals surface area contributed by atoms with Crippen LogP contribution in [-0.2, 0) is 21.4 Å². The molecule has 0 aliphatic carbocycles. The second-order valence-corrected chi connectivity index (χ2v) is 7.83. The maximum Gasteiger partial charge on any atom is 0.340 e. The zero-order valence-electron chi connectivity index (χ0n) is 15.8. The Bertz CT molecular complexity index is 1290. The minimum Gasteiger partial charge on any atom is -0.456 e. The van der Waals surface area contributed by atoms with Crippen LogP contribution < -0.4 is 4.72 Å². The Labute approximate surface area is 171 Å². The van der Waals surface area contributed by atoms with Gasteiger partial charge in [0.25, 0.3) is 21.0 Å². The summed E-state index contributed by atoms with van der Waals surface area (Å²) in [7, 11) is -4.17. The number of hydrogen-bond acceptors (Lipinski definition) is 8. The van der Waals surface area contributed by atoms with Crippen LogP contribution in [0.2, 0.25) is 0 Å². The fourth-order valence-corrected chi connectivity index (χ4v) is 3.71. The number of hydrogen-bond donors (Lipinski definition) is 1. The second kappa shape index (κ2) is 7.87. The van der Waals surface area contributed by atoms with Crippen molar-refractivity contribution in [3.8, 4) is 0 Å². The zero-order valence-corrected chi connectivity index (χ0v) is 16.6. The molecule has 3 heterocycles. The molecule has 0 aliphatic heterocycles. The van der Waals surface area contributed by atoms with Gasteiger partial charge in [-0.2, -0.15) is 13.4 Å². The van der Waals surface area contributed by atoms with Crippen molar-refractivity contribution >= 4 is 27.5 Å². The summed E-state index contributed by atoms with van der Waals surface area (Å²) in [6, 6.07) is 11.6. The molecule has 0 fully saturated rings. The number of aryl methyl sites for hydroxylation is 1. The van der Waals surface area contributed by atoms with Gasteiger partial charge in [0, 0.05) is 18.6 Å². The molecule has 4 rings (SSSR count). The summed E-state index contributed by atoms with van der Waals surface area (Å²) in [6.07, 6.45) is 4.60. The maximum absolute atomic E-state index is 12.8. The smallest absolute Gasteiger partial charge is 0.340 e. The summed E-state index contributed by atoms with van der Waals surface area (Å²) in [5.74, 6) is -0.552. The number of rotatable bonds is 6. The first-order valence-corrected chi connectivity index (χ1v) is 10.3. The second-order valence-electron chi connectivity index (χ2n) is 6.26. The molecule has 0 saturated carbocycles. The number of anilines is 1. The van der Waals surface area contributed by atoms with Crippen LogP contribution in [0.5, 0.6) is 0 Å². The molecule has 0 atom stereocenters. The molecule has 1 aromatic carbocycles. The lowest BCUT2D eigenvalue weighted by Crippen LogP contribution is -2.19. The van der Waals surface area contributed by atoms with Gasteiger partial charge in [-0.15, -0.1) is 5.10 Å². The molecule has 0 aliphatic rings. The first-order valence-electron chi connectivity index (χ1n) is 8.81. The van der Waals surface area contributed by atoms with E-state index in [1.54, 1.807) is 49.5 Å². The topological polar surface area (TPSA) is 128 Å². The first kappa shape index (κ1) is 19.5. The van der Waals surface area contributed by atoms with E-state index in [0.717, 1.165) is 0 Å². The molecule has 152 valence electrons. The first-order chi connectivity index (χ1) is 14.4. The number of esters is 1. The van der Waals surface area contributed by atoms with E-state index in [0.29, 0.717) is 11.3 Å². The third kappa shape index (κ3) is 3.96. The summed E-state index contributed by atoms with van der Waals surface area (Å²) < 4.78 is 34.6. The molecule has 0 radical (unpaired) electrons. The van der Waals surface area contributed by atoms with Crippen molar-refractivity contribution in [2.24, 2.45) is 0 Å². The number of para-hydroxylation sites is 1. The molecule has 10 nitrogen and oxygen atoms in total. The van der Waals surface area contributed by atoms with Gasteiger partial charge >= 0.3 is 5.97 Å². The van der Waals surface area contributed by atoms with E-state index in [2.05, 4.69) is 24.8 Å². The van der Waals surface area contributed by atoms with Crippen molar-refractivity contribution in [3.05, 3.63) is 77.9 Å². The molecule has 0 amide bonds. The molecule has 0 saturated heterocycles. The fourth-order valence-electron chi connectivity index (χ4n) is 2.68. The lowest BCUT2D eigenvalue weighted by atomic mass is 10.1. The molecule has 1 N–H and O–H groups in total. The lowest BCUT2D eigenvalue weighted by Gasteiger charge is -2.13. The summed E-state index contributed by atoms with van der Waals surface area (Å²) in [5.41, 5.74) is 1.27. The molecule has 30 heavy (non-hydrogen) atoms. The molecule has 0 unspecified atom stereocenters. The predicted molar refractivity (Wildman–Crippen MR) is 106 cm³/mol. The van der Waals surface area contributed by atoms with Crippen LogP contribution in [0.15, 0.2) is 66.2 Å². The minimum absolute atomic E-state index is 0.0422. The number of nitrogens with zero attached hydrogens (tertiary/aromatic N) is 5. The number of carbonyl (C=O) groups is 1. The monoisotopic (exact) mass is 424 g/mol. The van der Waals surface area contributed by atoms with Crippen LogP contribution >= 0.6 is 0 Å². The summed E-state index contributed by atoms with van der Waals surface area (Å²) in [4.78, 5) is 24.6. The zero-order chi connectivity index (χ0) is 21.1. The van der Waals surface area contributed by atoms with Crippen molar-refractivity contribution in [1.29, 1.82) is 0 Å². The van der Waals surface area contributed by atoms with Gasteiger partial charge in [-0.1, -0.05) is 18.2 Å². The van der Waals surface area contributed by atoms with Gasteiger partial charge in [0.15, 0.2) is 0 Å². The maximum atomic E-state index is 12.8. The summed E-state index contributed by atoms with van der Waals surface area (Å²) in [5, 5.41) is 3.47. The van der Waals surface area contributed by atoms with Crippen LogP contribution in [-0.4, -0.2) is 39.0 Å². The molecular weight excluding hydrogens is 408 g/mol. The van der Waals surface area contributed by atoms with Gasteiger partial charge in [0.2, 0.25) is 0 Å². The highest BCUT2D eigenvalue weighted by Crippen LogP contribution is 2.24. The Morgan fingerprint density at radius 2 is 1.93 bits per heavy atom. The van der Waals surface area contributed by atoms with Gasteiger partial charge in [0.05, 0.1) is 16.9 Å². The van der Waals surface area contributed by atoms with E-state index in [4.69, 9.17) is 4.74 Å². The molecule has 11 heteroatoms. The number of pyridine rings is 1. The number of nitrogens with one attached hydrogen (secondary N) is 1. The van der Waals surface area contributed by atoms with Gasteiger partial charge in [0.1, 0.15) is 6.61 Å². The normalized spacial score (nSPS) is 11.4. The number of aromatic nitrogens is 5. The average Bonchev–Trinajstić information content (AvgIpc) is 3.19. The van der Waals surface area contributed by atoms with E-state index in [-0.39, 0.29) is 23.6 Å². The van der Waals surface area contributed by atoms with Gasteiger partial charge in [-0.25, -0.2) is 14.3 Å². The van der Waals surface area contributed by atoms with Crippen LogP contribution in [0.25, 0.3) is 5.78 Å². The molecule has 0 spiro atoms. The highest BCUT2D eigenvalue weighted by atomic mass is 32.2. The predicted octanol–water partition coefficient (Wildman–Crippen LogP) is 1.99. The average molecular weight is 424 g/mol. The van der Waals surface area contributed by atoms with Gasteiger partial charge in [-0.05, 0) is 36.8 Å². The Morgan fingerprint density at radius 3 is 2.70 bits per heavy atom. The van der Waals surface area contributed by atoms with Crippen LogP contribution in [0, 0.1) is 6.92 Å². The fraction of sp³-hybridized carbons (Fsp3) is 0.105. The summed E-state index contributed by atoms with van der Waals surface area (Å²) in [6.45, 7) is 1.63. The van der Waals surface area contributed by atoms with E-state index >= 15 is 0 Å². The van der Waals surface area contributed by atoms with E-state index in [9.17, 15) is 13.2 Å². The number of sulfonamides is 1. The van der Waals surface area contributed by atoms with Crippen molar-refractivity contribution in [1.82, 2.24) is 24.6 Å². The molecule has 3 aromatic heterocycles. The quantitative estimate of drug-likeness (QED) is 0.465. The highest BCUT2D eigenvalue weighted by Gasteiger charge is 2.25. The van der Waals surface area contributed by atoms with Crippen LogP contribution in [0.4, 0.5) is 5.69 Å². The van der Waals surface area contributed by atoms with E-state index in [1.807, 2.05) is 0 Å². The van der Waals surface area contributed by atoms with Crippen molar-refractivity contribution in [2.75, 3.05) is 4.72 Å². The Balaban J connectivity index is 1.61. The van der Waals surface area contributed by atoms with Crippen molar-refractivity contribution in [2.45, 2.75) is 18.7 Å². The number of fused-ring (bicyclic) bond motifs is 1. The third-order valence-electron chi connectivity index (χ3n) is 4.14. The number of ether oxygens (including phenoxy) is 1. The van der Waals surface area contributed by atoms with E-state index < -0.39 is 21.1 Å². The Morgan fingerprint density at radius 1 is 1.10 bits per heavy atom.